The third-order valence-electron chi connectivity index (χ3n) is 4.31. The lowest BCUT2D eigenvalue weighted by Crippen LogP contribution is -2.14. The SMILES string of the molecule is CC(C)c1nncn1CCNc1ccc(C(=O)c2nccn2C)cc1[N+](=O)[O-]. The normalized spacial score (nSPS) is 11.0. The topological polar surface area (TPSA) is 121 Å². The van der Waals surface area contributed by atoms with E-state index in [1.807, 2.05) is 18.4 Å². The van der Waals surface area contributed by atoms with E-state index in [0.717, 1.165) is 5.82 Å². The first-order valence-electron chi connectivity index (χ1n) is 8.80. The number of imidazole rings is 1. The highest BCUT2D eigenvalue weighted by molar-refractivity contribution is 6.07. The number of aromatic nitrogens is 5. The lowest BCUT2D eigenvalue weighted by molar-refractivity contribution is -0.384. The average Bonchev–Trinajstić information content (AvgIpc) is 3.30. The van der Waals surface area contributed by atoms with Gasteiger partial charge in [0.15, 0.2) is 5.82 Å². The molecule has 10 heteroatoms. The molecular formula is C18H21N7O3. The zero-order valence-electron chi connectivity index (χ0n) is 15.9. The zero-order valence-corrected chi connectivity index (χ0v) is 15.9. The van der Waals surface area contributed by atoms with Crippen molar-refractivity contribution in [3.05, 3.63) is 64.2 Å². The molecule has 0 bridgehead atoms. The van der Waals surface area contributed by atoms with Crippen LogP contribution in [0.1, 0.15) is 41.8 Å². The molecule has 0 aliphatic heterocycles. The molecule has 0 saturated heterocycles. The Labute approximate surface area is 161 Å². The maximum absolute atomic E-state index is 12.5. The van der Waals surface area contributed by atoms with Crippen molar-refractivity contribution in [3.8, 4) is 0 Å². The van der Waals surface area contributed by atoms with Crippen molar-refractivity contribution >= 4 is 17.2 Å². The van der Waals surface area contributed by atoms with Gasteiger partial charge in [-0.2, -0.15) is 0 Å². The number of carbonyl (C=O) groups excluding carboxylic acids is 1. The Bertz CT molecular complexity index is 1010. The van der Waals surface area contributed by atoms with Gasteiger partial charge in [0.2, 0.25) is 5.78 Å². The van der Waals surface area contributed by atoms with Gasteiger partial charge < -0.3 is 14.5 Å². The quantitative estimate of drug-likeness (QED) is 0.360. The van der Waals surface area contributed by atoms with E-state index in [1.54, 1.807) is 36.3 Å². The van der Waals surface area contributed by atoms with Gasteiger partial charge in [-0.05, 0) is 12.1 Å². The lowest BCUT2D eigenvalue weighted by atomic mass is 10.1. The second kappa shape index (κ2) is 7.99. The molecule has 1 aromatic carbocycles. The van der Waals surface area contributed by atoms with Gasteiger partial charge in [0.05, 0.1) is 4.92 Å². The molecule has 0 saturated carbocycles. The number of ketones is 1. The summed E-state index contributed by atoms with van der Waals surface area (Å²) in [6.45, 7) is 5.06. The highest BCUT2D eigenvalue weighted by atomic mass is 16.6. The second-order valence-corrected chi connectivity index (χ2v) is 6.64. The van der Waals surface area contributed by atoms with Crippen molar-refractivity contribution in [2.24, 2.45) is 7.05 Å². The highest BCUT2D eigenvalue weighted by Gasteiger charge is 2.20. The standard InChI is InChI=1S/C18H21N7O3/c1-12(2)17-22-21-11-24(17)9-7-19-14-5-4-13(10-15(14)25(27)28)16(26)18-20-6-8-23(18)3/h4-6,8,10-12,19H,7,9H2,1-3H3. The van der Waals surface area contributed by atoms with E-state index in [2.05, 4.69) is 20.5 Å². The first-order chi connectivity index (χ1) is 13.4. The predicted octanol–water partition coefficient (Wildman–Crippen LogP) is 2.39. The van der Waals surface area contributed by atoms with E-state index in [1.165, 1.54) is 12.3 Å². The Morgan fingerprint density at radius 2 is 2.14 bits per heavy atom. The van der Waals surface area contributed by atoms with Crippen molar-refractivity contribution < 1.29 is 9.72 Å². The fourth-order valence-electron chi connectivity index (χ4n) is 2.88. The summed E-state index contributed by atoms with van der Waals surface area (Å²) in [5, 5.41) is 22.5. The monoisotopic (exact) mass is 383 g/mol. The Balaban J connectivity index is 1.76. The van der Waals surface area contributed by atoms with E-state index in [9.17, 15) is 14.9 Å². The molecule has 0 fully saturated rings. The largest absolute Gasteiger partial charge is 0.378 e. The first kappa shape index (κ1) is 19.2. The molecule has 0 spiro atoms. The zero-order chi connectivity index (χ0) is 20.3. The van der Waals surface area contributed by atoms with Crippen molar-refractivity contribution in [1.29, 1.82) is 0 Å². The number of nitro groups is 1. The van der Waals surface area contributed by atoms with Crippen molar-refractivity contribution in [1.82, 2.24) is 24.3 Å². The molecule has 28 heavy (non-hydrogen) atoms. The Morgan fingerprint density at radius 3 is 2.79 bits per heavy atom. The molecule has 0 unspecified atom stereocenters. The van der Waals surface area contributed by atoms with Gasteiger partial charge in [-0.15, -0.1) is 10.2 Å². The van der Waals surface area contributed by atoms with Crippen molar-refractivity contribution in [3.63, 3.8) is 0 Å². The van der Waals surface area contributed by atoms with Crippen LogP contribution in [0.5, 0.6) is 0 Å². The number of rotatable bonds is 8. The fourth-order valence-corrected chi connectivity index (χ4v) is 2.88. The first-order valence-corrected chi connectivity index (χ1v) is 8.80. The molecule has 2 aromatic heterocycles. The van der Waals surface area contributed by atoms with E-state index in [-0.39, 0.29) is 28.8 Å². The van der Waals surface area contributed by atoms with Gasteiger partial charge in [-0.1, -0.05) is 13.8 Å². The number of nitro benzene ring substituents is 1. The van der Waals surface area contributed by atoms with Crippen LogP contribution in [-0.4, -0.2) is 41.6 Å². The van der Waals surface area contributed by atoms with Crippen LogP contribution in [0.4, 0.5) is 11.4 Å². The Hall–Kier alpha value is -3.56. The number of hydrogen-bond acceptors (Lipinski definition) is 7. The average molecular weight is 383 g/mol. The second-order valence-electron chi connectivity index (χ2n) is 6.64. The van der Waals surface area contributed by atoms with E-state index in [0.29, 0.717) is 18.8 Å². The van der Waals surface area contributed by atoms with Crippen LogP contribution in [0.3, 0.4) is 0 Å². The number of benzene rings is 1. The van der Waals surface area contributed by atoms with E-state index in [4.69, 9.17) is 0 Å². The molecule has 146 valence electrons. The number of aryl methyl sites for hydroxylation is 1. The Morgan fingerprint density at radius 1 is 1.36 bits per heavy atom. The predicted molar refractivity (Wildman–Crippen MR) is 102 cm³/mol. The van der Waals surface area contributed by atoms with E-state index >= 15 is 0 Å². The van der Waals surface area contributed by atoms with Gasteiger partial charge >= 0.3 is 0 Å². The van der Waals surface area contributed by atoms with Gasteiger partial charge in [0.25, 0.3) is 5.69 Å². The summed E-state index contributed by atoms with van der Waals surface area (Å²) in [4.78, 5) is 27.5. The number of nitrogens with zero attached hydrogens (tertiary/aromatic N) is 6. The van der Waals surface area contributed by atoms with Crippen LogP contribution >= 0.6 is 0 Å². The molecular weight excluding hydrogens is 362 g/mol. The summed E-state index contributed by atoms with van der Waals surface area (Å²) in [6.07, 6.45) is 4.79. The molecule has 10 nitrogen and oxygen atoms in total. The molecule has 1 N–H and O–H groups in total. The lowest BCUT2D eigenvalue weighted by Gasteiger charge is -2.11. The van der Waals surface area contributed by atoms with Crippen molar-refractivity contribution in [2.75, 3.05) is 11.9 Å². The number of carbonyl (C=O) groups is 1. The van der Waals surface area contributed by atoms with Gasteiger partial charge in [0.1, 0.15) is 17.8 Å². The van der Waals surface area contributed by atoms with Crippen LogP contribution in [0.25, 0.3) is 0 Å². The van der Waals surface area contributed by atoms with Gasteiger partial charge in [0, 0.05) is 50.1 Å². The molecule has 3 rings (SSSR count). The smallest absolute Gasteiger partial charge is 0.293 e. The maximum Gasteiger partial charge on any atom is 0.293 e. The van der Waals surface area contributed by atoms with Crippen LogP contribution < -0.4 is 5.32 Å². The molecule has 0 aliphatic carbocycles. The minimum atomic E-state index is -0.504. The molecule has 0 amide bonds. The van der Waals surface area contributed by atoms with Crippen LogP contribution in [-0.2, 0) is 13.6 Å². The van der Waals surface area contributed by atoms with Gasteiger partial charge in [-0.25, -0.2) is 4.98 Å². The number of anilines is 1. The summed E-state index contributed by atoms with van der Waals surface area (Å²) >= 11 is 0. The minimum Gasteiger partial charge on any atom is -0.378 e. The summed E-state index contributed by atoms with van der Waals surface area (Å²) < 4.78 is 3.48. The number of hydrogen-bond donors (Lipinski definition) is 1. The number of nitrogens with one attached hydrogen (secondary N) is 1. The van der Waals surface area contributed by atoms with Crippen LogP contribution in [0.15, 0.2) is 36.9 Å². The Kier molecular flexibility index (Phi) is 5.48. The van der Waals surface area contributed by atoms with Crippen LogP contribution in [0, 0.1) is 10.1 Å². The van der Waals surface area contributed by atoms with Crippen LogP contribution in [0.2, 0.25) is 0 Å². The minimum absolute atomic E-state index is 0.159. The summed E-state index contributed by atoms with van der Waals surface area (Å²) in [7, 11) is 1.70. The maximum atomic E-state index is 12.5. The molecule has 3 aromatic rings. The summed E-state index contributed by atoms with van der Waals surface area (Å²) in [6, 6.07) is 4.38. The summed E-state index contributed by atoms with van der Waals surface area (Å²) in [5.74, 6) is 0.942. The van der Waals surface area contributed by atoms with E-state index < -0.39 is 4.92 Å². The molecule has 0 atom stereocenters. The molecule has 0 aliphatic rings. The fraction of sp³-hybridized carbons (Fsp3) is 0.333. The molecule has 0 radical (unpaired) electrons. The van der Waals surface area contributed by atoms with Crippen molar-refractivity contribution in [2.45, 2.75) is 26.3 Å². The molecule has 2 heterocycles. The highest BCUT2D eigenvalue weighted by Crippen LogP contribution is 2.26. The van der Waals surface area contributed by atoms with Gasteiger partial charge in [-0.3, -0.25) is 14.9 Å². The third-order valence-corrected chi connectivity index (χ3v) is 4.31. The third kappa shape index (κ3) is 3.90. The summed E-state index contributed by atoms with van der Waals surface area (Å²) in [5.41, 5.74) is 0.404.